The van der Waals surface area contributed by atoms with Crippen LogP contribution in [0.4, 0.5) is 4.39 Å². The quantitative estimate of drug-likeness (QED) is 0.807. The first-order chi connectivity index (χ1) is 7.00. The van der Waals surface area contributed by atoms with Crippen LogP contribution in [0.5, 0.6) is 0 Å². The van der Waals surface area contributed by atoms with Gasteiger partial charge in [0.2, 0.25) is 0 Å². The summed E-state index contributed by atoms with van der Waals surface area (Å²) in [5.41, 5.74) is 7.31. The van der Waals surface area contributed by atoms with Gasteiger partial charge in [-0.15, -0.1) is 0 Å². The number of rotatable bonds is 4. The summed E-state index contributed by atoms with van der Waals surface area (Å²) in [4.78, 5) is 0. The summed E-state index contributed by atoms with van der Waals surface area (Å²) in [6.07, 6.45) is 2.03. The first-order valence-electron chi connectivity index (χ1n) is 5.54. The third-order valence-electron chi connectivity index (χ3n) is 2.57. The SMILES string of the molecule is CC(C)CCc1ccc(C(C)N)c(F)c1. The van der Waals surface area contributed by atoms with Crippen molar-refractivity contribution in [2.24, 2.45) is 11.7 Å². The smallest absolute Gasteiger partial charge is 0.128 e. The number of benzene rings is 1. The fourth-order valence-electron chi connectivity index (χ4n) is 1.55. The molecule has 0 radical (unpaired) electrons. The first kappa shape index (κ1) is 12.2. The third kappa shape index (κ3) is 3.63. The van der Waals surface area contributed by atoms with E-state index < -0.39 is 0 Å². The van der Waals surface area contributed by atoms with Gasteiger partial charge >= 0.3 is 0 Å². The Bertz CT molecular complexity index is 318. The maximum absolute atomic E-state index is 13.5. The molecule has 2 N–H and O–H groups in total. The van der Waals surface area contributed by atoms with Crippen molar-refractivity contribution in [3.63, 3.8) is 0 Å². The molecule has 0 bridgehead atoms. The molecule has 0 saturated heterocycles. The maximum Gasteiger partial charge on any atom is 0.128 e. The van der Waals surface area contributed by atoms with Crippen molar-refractivity contribution in [1.29, 1.82) is 0 Å². The van der Waals surface area contributed by atoms with E-state index >= 15 is 0 Å². The number of hydrogen-bond acceptors (Lipinski definition) is 1. The first-order valence-corrected chi connectivity index (χ1v) is 5.54. The molecule has 1 nitrogen and oxygen atoms in total. The summed E-state index contributed by atoms with van der Waals surface area (Å²) in [6, 6.07) is 5.16. The molecule has 1 unspecified atom stereocenters. The van der Waals surface area contributed by atoms with Gasteiger partial charge in [-0.25, -0.2) is 4.39 Å². The molecule has 0 aliphatic carbocycles. The van der Waals surface area contributed by atoms with Gasteiger partial charge in [0.15, 0.2) is 0 Å². The van der Waals surface area contributed by atoms with E-state index in [1.54, 1.807) is 19.1 Å². The van der Waals surface area contributed by atoms with Crippen LogP contribution in [-0.4, -0.2) is 0 Å². The van der Waals surface area contributed by atoms with Gasteiger partial charge in [-0.1, -0.05) is 26.0 Å². The fraction of sp³-hybridized carbons (Fsp3) is 0.538. The maximum atomic E-state index is 13.5. The Labute approximate surface area is 91.5 Å². The Kier molecular flexibility index (Phi) is 4.28. The van der Waals surface area contributed by atoms with Crippen molar-refractivity contribution < 1.29 is 4.39 Å². The average Bonchev–Trinajstić information content (AvgIpc) is 2.14. The minimum absolute atomic E-state index is 0.175. The van der Waals surface area contributed by atoms with Gasteiger partial charge in [0.1, 0.15) is 5.82 Å². The van der Waals surface area contributed by atoms with Gasteiger partial charge in [0.25, 0.3) is 0 Å². The summed E-state index contributed by atoms with van der Waals surface area (Å²) < 4.78 is 13.5. The van der Waals surface area contributed by atoms with Crippen LogP contribution in [0.3, 0.4) is 0 Å². The summed E-state index contributed by atoms with van der Waals surface area (Å²) in [5, 5.41) is 0. The second kappa shape index (κ2) is 5.26. The van der Waals surface area contributed by atoms with Crippen LogP contribution in [0.2, 0.25) is 0 Å². The lowest BCUT2D eigenvalue weighted by Crippen LogP contribution is -2.07. The van der Waals surface area contributed by atoms with Crippen molar-refractivity contribution in [2.75, 3.05) is 0 Å². The second-order valence-electron chi connectivity index (χ2n) is 4.58. The second-order valence-corrected chi connectivity index (χ2v) is 4.58. The van der Waals surface area contributed by atoms with Crippen LogP contribution in [0, 0.1) is 11.7 Å². The van der Waals surface area contributed by atoms with Crippen molar-refractivity contribution in [2.45, 2.75) is 39.7 Å². The topological polar surface area (TPSA) is 26.0 Å². The van der Waals surface area contributed by atoms with E-state index in [4.69, 9.17) is 5.73 Å². The van der Waals surface area contributed by atoms with Gasteiger partial charge in [0.05, 0.1) is 0 Å². The number of halogens is 1. The van der Waals surface area contributed by atoms with E-state index in [-0.39, 0.29) is 11.9 Å². The van der Waals surface area contributed by atoms with E-state index in [1.165, 1.54) is 0 Å². The lowest BCUT2D eigenvalue weighted by molar-refractivity contribution is 0.573. The zero-order valence-electron chi connectivity index (χ0n) is 9.76. The number of hydrogen-bond donors (Lipinski definition) is 1. The van der Waals surface area contributed by atoms with Crippen LogP contribution >= 0.6 is 0 Å². The average molecular weight is 209 g/mol. The third-order valence-corrected chi connectivity index (χ3v) is 2.57. The van der Waals surface area contributed by atoms with Crippen LogP contribution < -0.4 is 5.73 Å². The lowest BCUT2D eigenvalue weighted by atomic mass is 10.00. The van der Waals surface area contributed by atoms with Crippen molar-refractivity contribution in [3.05, 3.63) is 35.1 Å². The molecule has 84 valence electrons. The summed E-state index contributed by atoms with van der Waals surface area (Å²) in [5.74, 6) is 0.479. The molecule has 0 aromatic heterocycles. The molecule has 0 saturated carbocycles. The van der Waals surface area contributed by atoms with E-state index in [2.05, 4.69) is 13.8 Å². The Morgan fingerprint density at radius 2 is 1.93 bits per heavy atom. The molecule has 1 atom stereocenters. The van der Waals surface area contributed by atoms with Gasteiger partial charge in [0, 0.05) is 11.6 Å². The van der Waals surface area contributed by atoms with Crippen molar-refractivity contribution in [1.82, 2.24) is 0 Å². The highest BCUT2D eigenvalue weighted by atomic mass is 19.1. The molecule has 2 heteroatoms. The highest BCUT2D eigenvalue weighted by Gasteiger charge is 2.07. The summed E-state index contributed by atoms with van der Waals surface area (Å²) in [6.45, 7) is 6.14. The predicted octanol–water partition coefficient (Wildman–Crippen LogP) is 3.43. The molecule has 0 heterocycles. The largest absolute Gasteiger partial charge is 0.324 e. The molecule has 0 aliphatic heterocycles. The Morgan fingerprint density at radius 3 is 2.40 bits per heavy atom. The normalized spacial score (nSPS) is 13.2. The van der Waals surface area contributed by atoms with Crippen LogP contribution in [0.15, 0.2) is 18.2 Å². The van der Waals surface area contributed by atoms with E-state index in [1.807, 2.05) is 6.07 Å². The highest BCUT2D eigenvalue weighted by molar-refractivity contribution is 5.26. The van der Waals surface area contributed by atoms with E-state index in [0.29, 0.717) is 11.5 Å². The minimum atomic E-state index is -0.232. The Morgan fingerprint density at radius 1 is 1.27 bits per heavy atom. The molecular formula is C13H20FN. The van der Waals surface area contributed by atoms with Crippen molar-refractivity contribution in [3.8, 4) is 0 Å². The Balaban J connectivity index is 2.73. The molecular weight excluding hydrogens is 189 g/mol. The van der Waals surface area contributed by atoms with E-state index in [0.717, 1.165) is 18.4 Å². The zero-order chi connectivity index (χ0) is 11.4. The van der Waals surface area contributed by atoms with Gasteiger partial charge in [-0.05, 0) is 37.3 Å². The summed E-state index contributed by atoms with van der Waals surface area (Å²) >= 11 is 0. The highest BCUT2D eigenvalue weighted by Crippen LogP contribution is 2.18. The van der Waals surface area contributed by atoms with Crippen molar-refractivity contribution >= 4 is 0 Å². The fourth-order valence-corrected chi connectivity index (χ4v) is 1.55. The monoisotopic (exact) mass is 209 g/mol. The minimum Gasteiger partial charge on any atom is -0.324 e. The molecule has 1 aromatic carbocycles. The van der Waals surface area contributed by atoms with Gasteiger partial charge in [-0.3, -0.25) is 0 Å². The number of nitrogens with two attached hydrogens (primary N) is 1. The van der Waals surface area contributed by atoms with Gasteiger partial charge < -0.3 is 5.73 Å². The zero-order valence-corrected chi connectivity index (χ0v) is 9.76. The predicted molar refractivity (Wildman–Crippen MR) is 62.2 cm³/mol. The lowest BCUT2D eigenvalue weighted by Gasteiger charge is -2.09. The molecule has 1 aromatic rings. The summed E-state index contributed by atoms with van der Waals surface area (Å²) in [7, 11) is 0. The molecule has 1 rings (SSSR count). The van der Waals surface area contributed by atoms with E-state index in [9.17, 15) is 4.39 Å². The molecule has 15 heavy (non-hydrogen) atoms. The molecule has 0 spiro atoms. The van der Waals surface area contributed by atoms with Crippen LogP contribution in [0.25, 0.3) is 0 Å². The number of aryl methyl sites for hydroxylation is 1. The van der Waals surface area contributed by atoms with Crippen LogP contribution in [0.1, 0.15) is 44.4 Å². The standard InChI is InChI=1S/C13H20FN/c1-9(2)4-5-11-6-7-12(10(3)15)13(14)8-11/h6-10H,4-5,15H2,1-3H3. The molecule has 0 fully saturated rings. The van der Waals surface area contributed by atoms with Crippen LogP contribution in [-0.2, 0) is 6.42 Å². The molecule has 0 aliphatic rings. The molecule has 0 amide bonds. The van der Waals surface area contributed by atoms with Gasteiger partial charge in [-0.2, -0.15) is 0 Å². The Hall–Kier alpha value is -0.890.